The first kappa shape index (κ1) is 15.5. The van der Waals surface area contributed by atoms with Crippen molar-refractivity contribution in [3.05, 3.63) is 35.9 Å². The van der Waals surface area contributed by atoms with E-state index in [0.717, 1.165) is 0 Å². The zero-order valence-electron chi connectivity index (χ0n) is 11.7. The number of ether oxygens (including phenoxy) is 1. The topological polar surface area (TPSA) is 102 Å². The van der Waals surface area contributed by atoms with E-state index in [1.54, 1.807) is 24.3 Å². The van der Waals surface area contributed by atoms with E-state index in [-0.39, 0.29) is 12.5 Å². The van der Waals surface area contributed by atoms with Gasteiger partial charge in [-0.2, -0.15) is 0 Å². The highest BCUT2D eigenvalue weighted by atomic mass is 16.5. The van der Waals surface area contributed by atoms with Gasteiger partial charge in [-0.15, -0.1) is 0 Å². The van der Waals surface area contributed by atoms with Gasteiger partial charge in [-0.1, -0.05) is 30.3 Å². The monoisotopic (exact) mass is 292 g/mol. The van der Waals surface area contributed by atoms with Crippen molar-refractivity contribution in [2.24, 2.45) is 5.73 Å². The van der Waals surface area contributed by atoms with Gasteiger partial charge < -0.3 is 20.9 Å². The van der Waals surface area contributed by atoms with Crippen LogP contribution in [-0.4, -0.2) is 42.3 Å². The van der Waals surface area contributed by atoms with Crippen LogP contribution in [0.15, 0.2) is 30.3 Å². The van der Waals surface area contributed by atoms with Gasteiger partial charge in [-0.25, -0.2) is 0 Å². The summed E-state index contributed by atoms with van der Waals surface area (Å²) in [7, 11) is 0. The molecule has 1 aromatic rings. The van der Waals surface area contributed by atoms with Gasteiger partial charge >= 0.3 is 5.97 Å². The molecule has 0 radical (unpaired) electrons. The van der Waals surface area contributed by atoms with E-state index in [2.05, 4.69) is 5.32 Å². The SMILES string of the molecule is NC1(C(=O)NCC(C(=O)O)c2ccccc2)CCOCC1. The van der Waals surface area contributed by atoms with Gasteiger partial charge in [0.15, 0.2) is 0 Å². The third kappa shape index (κ3) is 3.80. The highest BCUT2D eigenvalue weighted by Crippen LogP contribution is 2.19. The summed E-state index contributed by atoms with van der Waals surface area (Å²) in [6, 6.07) is 8.83. The molecule has 1 saturated heterocycles. The van der Waals surface area contributed by atoms with Crippen LogP contribution in [0.5, 0.6) is 0 Å². The average Bonchev–Trinajstić information content (AvgIpc) is 2.48. The molecule has 21 heavy (non-hydrogen) atoms. The number of benzene rings is 1. The molecule has 0 saturated carbocycles. The summed E-state index contributed by atoms with van der Waals surface area (Å²) in [5.41, 5.74) is 5.76. The molecule has 1 aliphatic rings. The van der Waals surface area contributed by atoms with E-state index in [1.807, 2.05) is 6.07 Å². The lowest BCUT2D eigenvalue weighted by Crippen LogP contribution is -2.57. The summed E-state index contributed by atoms with van der Waals surface area (Å²) >= 11 is 0. The van der Waals surface area contributed by atoms with E-state index >= 15 is 0 Å². The minimum absolute atomic E-state index is 0.0258. The molecule has 114 valence electrons. The highest BCUT2D eigenvalue weighted by Gasteiger charge is 2.36. The van der Waals surface area contributed by atoms with Crippen LogP contribution in [0.25, 0.3) is 0 Å². The molecule has 4 N–H and O–H groups in total. The second-order valence-electron chi connectivity index (χ2n) is 5.28. The maximum absolute atomic E-state index is 12.2. The fourth-order valence-corrected chi connectivity index (χ4v) is 2.37. The van der Waals surface area contributed by atoms with Crippen molar-refractivity contribution in [1.82, 2.24) is 5.32 Å². The molecule has 1 amide bonds. The van der Waals surface area contributed by atoms with Crippen LogP contribution >= 0.6 is 0 Å². The van der Waals surface area contributed by atoms with Crippen molar-refractivity contribution in [3.8, 4) is 0 Å². The first-order valence-electron chi connectivity index (χ1n) is 6.95. The number of aliphatic carboxylic acids is 1. The minimum Gasteiger partial charge on any atom is -0.481 e. The molecule has 1 unspecified atom stereocenters. The number of carbonyl (C=O) groups excluding carboxylic acids is 1. The summed E-state index contributed by atoms with van der Waals surface area (Å²) in [5, 5.41) is 12.0. The van der Waals surface area contributed by atoms with E-state index in [9.17, 15) is 14.7 Å². The summed E-state index contributed by atoms with van der Waals surface area (Å²) in [6.45, 7) is 0.925. The molecule has 1 fully saturated rings. The van der Waals surface area contributed by atoms with Crippen LogP contribution < -0.4 is 11.1 Å². The van der Waals surface area contributed by atoms with Gasteiger partial charge in [0, 0.05) is 19.8 Å². The Labute approximate surface area is 123 Å². The van der Waals surface area contributed by atoms with Gasteiger partial charge in [0.25, 0.3) is 0 Å². The van der Waals surface area contributed by atoms with Gasteiger partial charge in [0.05, 0.1) is 11.5 Å². The Morgan fingerprint density at radius 1 is 1.29 bits per heavy atom. The zero-order valence-corrected chi connectivity index (χ0v) is 11.7. The van der Waals surface area contributed by atoms with E-state index in [1.165, 1.54) is 0 Å². The van der Waals surface area contributed by atoms with Crippen LogP contribution in [0.2, 0.25) is 0 Å². The van der Waals surface area contributed by atoms with E-state index in [4.69, 9.17) is 10.5 Å². The Balaban J connectivity index is 1.99. The molecule has 0 spiro atoms. The van der Waals surface area contributed by atoms with Crippen LogP contribution in [0.3, 0.4) is 0 Å². The first-order valence-corrected chi connectivity index (χ1v) is 6.95. The molecular weight excluding hydrogens is 272 g/mol. The molecular formula is C15H20N2O4. The maximum atomic E-state index is 12.2. The van der Waals surface area contributed by atoms with E-state index < -0.39 is 17.4 Å². The number of carboxylic acids is 1. The van der Waals surface area contributed by atoms with Crippen molar-refractivity contribution >= 4 is 11.9 Å². The molecule has 1 atom stereocenters. The summed E-state index contributed by atoms with van der Waals surface area (Å²) in [6.07, 6.45) is 0.893. The molecule has 0 aliphatic carbocycles. The van der Waals surface area contributed by atoms with Crippen LogP contribution in [0.4, 0.5) is 0 Å². The largest absolute Gasteiger partial charge is 0.481 e. The lowest BCUT2D eigenvalue weighted by atomic mass is 9.90. The minimum atomic E-state index is -0.973. The number of amides is 1. The Hall–Kier alpha value is -1.92. The smallest absolute Gasteiger partial charge is 0.312 e. The van der Waals surface area contributed by atoms with Crippen molar-refractivity contribution in [2.45, 2.75) is 24.3 Å². The van der Waals surface area contributed by atoms with Crippen molar-refractivity contribution in [1.29, 1.82) is 0 Å². The lowest BCUT2D eigenvalue weighted by molar-refractivity contribution is -0.139. The third-order valence-corrected chi connectivity index (χ3v) is 3.80. The van der Waals surface area contributed by atoms with Crippen LogP contribution in [-0.2, 0) is 14.3 Å². The van der Waals surface area contributed by atoms with Crippen molar-refractivity contribution < 1.29 is 19.4 Å². The number of rotatable bonds is 5. The molecule has 0 aromatic heterocycles. The number of carboxylic acid groups (broad SMARTS) is 1. The fourth-order valence-electron chi connectivity index (χ4n) is 2.37. The number of nitrogens with two attached hydrogens (primary N) is 1. The summed E-state index contributed by atoms with van der Waals surface area (Å²) in [5.74, 6) is -2.06. The molecule has 0 bridgehead atoms. The van der Waals surface area contributed by atoms with Gasteiger partial charge in [-0.3, -0.25) is 9.59 Å². The zero-order chi connectivity index (χ0) is 15.3. The van der Waals surface area contributed by atoms with E-state index in [0.29, 0.717) is 31.6 Å². The maximum Gasteiger partial charge on any atom is 0.312 e. The molecule has 1 heterocycles. The van der Waals surface area contributed by atoms with Gasteiger partial charge in [0.2, 0.25) is 5.91 Å². The normalized spacial score (nSPS) is 18.7. The molecule has 6 nitrogen and oxygen atoms in total. The number of hydrogen-bond acceptors (Lipinski definition) is 4. The quantitative estimate of drug-likeness (QED) is 0.732. The molecule has 1 aliphatic heterocycles. The molecule has 6 heteroatoms. The Bertz CT molecular complexity index is 498. The number of carbonyl (C=O) groups is 2. The predicted molar refractivity (Wildman–Crippen MR) is 76.8 cm³/mol. The standard InChI is InChI=1S/C15H20N2O4/c16-15(6-8-21-9-7-15)14(20)17-10-12(13(18)19)11-4-2-1-3-5-11/h1-5,12H,6-10,16H2,(H,17,20)(H,18,19). The second kappa shape index (κ2) is 6.69. The fraction of sp³-hybridized carbons (Fsp3) is 0.467. The predicted octanol–water partition coefficient (Wildman–Crippen LogP) is 0.479. The molecule has 1 aromatic carbocycles. The van der Waals surface area contributed by atoms with Crippen molar-refractivity contribution in [2.75, 3.05) is 19.8 Å². The van der Waals surface area contributed by atoms with Crippen LogP contribution in [0.1, 0.15) is 24.3 Å². The first-order chi connectivity index (χ1) is 10.0. The Morgan fingerprint density at radius 3 is 2.48 bits per heavy atom. The molecule has 2 rings (SSSR count). The second-order valence-corrected chi connectivity index (χ2v) is 5.28. The number of hydrogen-bond donors (Lipinski definition) is 3. The average molecular weight is 292 g/mol. The van der Waals surface area contributed by atoms with Gasteiger partial charge in [-0.05, 0) is 18.4 Å². The summed E-state index contributed by atoms with van der Waals surface area (Å²) in [4.78, 5) is 23.6. The third-order valence-electron chi connectivity index (χ3n) is 3.80. The highest BCUT2D eigenvalue weighted by molar-refractivity contribution is 5.87. The van der Waals surface area contributed by atoms with Crippen LogP contribution in [0, 0.1) is 0 Å². The van der Waals surface area contributed by atoms with Crippen molar-refractivity contribution in [3.63, 3.8) is 0 Å². The Morgan fingerprint density at radius 2 is 1.90 bits per heavy atom. The number of nitrogens with one attached hydrogen (secondary N) is 1. The van der Waals surface area contributed by atoms with Gasteiger partial charge in [0.1, 0.15) is 0 Å². The summed E-state index contributed by atoms with van der Waals surface area (Å²) < 4.78 is 5.19. The Kier molecular flexibility index (Phi) is 4.93. The lowest BCUT2D eigenvalue weighted by Gasteiger charge is -2.32.